The third kappa shape index (κ3) is 4.80. The van der Waals surface area contributed by atoms with Gasteiger partial charge < -0.3 is 20.5 Å². The summed E-state index contributed by atoms with van der Waals surface area (Å²) in [6.07, 6.45) is 4.84. The second-order valence-electron chi connectivity index (χ2n) is 7.02. The fourth-order valence-corrected chi connectivity index (χ4v) is 4.08. The smallest absolute Gasteiger partial charge is 0.277 e. The van der Waals surface area contributed by atoms with Crippen LogP contribution in [0.15, 0.2) is 36.7 Å². The lowest BCUT2D eigenvalue weighted by molar-refractivity contribution is 0.0498. The Morgan fingerprint density at radius 3 is 2.74 bits per heavy atom. The van der Waals surface area contributed by atoms with Gasteiger partial charge in [0.2, 0.25) is 0 Å². The topological polar surface area (TPSA) is 99.4 Å². The summed E-state index contributed by atoms with van der Waals surface area (Å²) >= 11 is 0.835. The zero-order valence-corrected chi connectivity index (χ0v) is 17.3. The molecule has 162 valence electrons. The average Bonchev–Trinajstić information content (AvgIpc) is 3.15. The lowest BCUT2D eigenvalue weighted by Gasteiger charge is -2.22. The predicted octanol–water partition coefficient (Wildman–Crippen LogP) is 4.12. The van der Waals surface area contributed by atoms with Crippen molar-refractivity contribution < 1.29 is 23.0 Å². The molecule has 10 heteroatoms. The van der Waals surface area contributed by atoms with Crippen LogP contribution >= 0.6 is 11.3 Å². The predicted molar refractivity (Wildman–Crippen MR) is 113 cm³/mol. The minimum absolute atomic E-state index is 0.0135. The van der Waals surface area contributed by atoms with Crippen molar-refractivity contribution in [2.24, 2.45) is 5.92 Å². The molecule has 1 aromatic carbocycles. The summed E-state index contributed by atoms with van der Waals surface area (Å²) in [7, 11) is 0. The highest BCUT2D eigenvalue weighted by Gasteiger charge is 2.22. The number of pyridine rings is 1. The van der Waals surface area contributed by atoms with E-state index in [0.717, 1.165) is 36.3 Å². The van der Waals surface area contributed by atoms with Gasteiger partial charge >= 0.3 is 0 Å². The molecule has 0 bridgehead atoms. The van der Waals surface area contributed by atoms with Crippen molar-refractivity contribution in [3.63, 3.8) is 0 Å². The first kappa shape index (κ1) is 21.1. The number of ether oxygens (including phenoxy) is 2. The molecule has 3 N–H and O–H groups in total. The zero-order chi connectivity index (χ0) is 21.8. The molecule has 3 aromatic rings. The number of carbonyl (C=O) groups is 1. The van der Waals surface area contributed by atoms with Gasteiger partial charge in [-0.25, -0.2) is 13.8 Å². The second-order valence-corrected chi connectivity index (χ2v) is 8.05. The van der Waals surface area contributed by atoms with Gasteiger partial charge in [-0.1, -0.05) is 17.4 Å². The summed E-state index contributed by atoms with van der Waals surface area (Å²) < 4.78 is 39.4. The number of nitrogens with zero attached hydrogens (tertiary/aromatic N) is 2. The molecule has 0 aliphatic carbocycles. The molecule has 3 heterocycles. The number of nitrogens with two attached hydrogens (primary N) is 1. The molecule has 4 rings (SSSR count). The number of halogens is 2. The largest absolute Gasteiger partial charge is 0.491 e. The van der Waals surface area contributed by atoms with E-state index in [-0.39, 0.29) is 21.3 Å². The third-order valence-electron chi connectivity index (χ3n) is 4.89. The number of nitrogen functional groups attached to an aromatic ring is 1. The van der Waals surface area contributed by atoms with Crippen molar-refractivity contribution >= 4 is 27.9 Å². The number of carbonyl (C=O) groups excluding carboxylic acids is 1. The first-order valence-electron chi connectivity index (χ1n) is 9.69. The van der Waals surface area contributed by atoms with E-state index >= 15 is 0 Å². The van der Waals surface area contributed by atoms with Crippen LogP contribution in [0.1, 0.15) is 23.3 Å². The molecule has 2 aromatic heterocycles. The summed E-state index contributed by atoms with van der Waals surface area (Å²) in [5.74, 6) is -1.35. The minimum Gasteiger partial charge on any atom is -0.491 e. The SMILES string of the molecule is Nc1sc(-c2c(F)cccc2F)nc1C(=O)Nc1cnccc1OCC1CCOCC1. The Hall–Kier alpha value is -3.11. The van der Waals surface area contributed by atoms with Crippen LogP contribution in [-0.2, 0) is 4.74 Å². The zero-order valence-electron chi connectivity index (χ0n) is 16.4. The summed E-state index contributed by atoms with van der Waals surface area (Å²) in [5, 5.41) is 2.71. The van der Waals surface area contributed by atoms with Gasteiger partial charge in [0.15, 0.2) is 5.69 Å². The Balaban J connectivity index is 1.51. The van der Waals surface area contributed by atoms with Crippen LogP contribution in [0, 0.1) is 17.6 Å². The van der Waals surface area contributed by atoms with Crippen molar-refractivity contribution in [2.75, 3.05) is 30.9 Å². The molecule has 1 amide bonds. The van der Waals surface area contributed by atoms with Gasteiger partial charge in [-0.15, -0.1) is 0 Å². The van der Waals surface area contributed by atoms with Gasteiger partial charge in [-0.3, -0.25) is 9.78 Å². The van der Waals surface area contributed by atoms with Gasteiger partial charge in [0.1, 0.15) is 33.1 Å². The lowest BCUT2D eigenvalue weighted by atomic mass is 10.0. The number of thiazole rings is 1. The molecule has 31 heavy (non-hydrogen) atoms. The van der Waals surface area contributed by atoms with Gasteiger partial charge in [-0.05, 0) is 30.9 Å². The Morgan fingerprint density at radius 2 is 2.00 bits per heavy atom. The van der Waals surface area contributed by atoms with E-state index in [4.69, 9.17) is 15.2 Å². The molecular weight excluding hydrogens is 426 g/mol. The maximum atomic E-state index is 14.1. The molecule has 0 saturated carbocycles. The Labute approximate surface area is 181 Å². The highest BCUT2D eigenvalue weighted by Crippen LogP contribution is 2.34. The molecule has 0 atom stereocenters. The summed E-state index contributed by atoms with van der Waals surface area (Å²) in [4.78, 5) is 20.9. The van der Waals surface area contributed by atoms with Crippen LogP contribution in [0.3, 0.4) is 0 Å². The maximum Gasteiger partial charge on any atom is 0.277 e. The normalized spacial score (nSPS) is 14.4. The highest BCUT2D eigenvalue weighted by molar-refractivity contribution is 7.19. The monoisotopic (exact) mass is 446 g/mol. The van der Waals surface area contributed by atoms with Crippen molar-refractivity contribution in [3.8, 4) is 16.3 Å². The van der Waals surface area contributed by atoms with Gasteiger partial charge in [0, 0.05) is 25.5 Å². The lowest BCUT2D eigenvalue weighted by Crippen LogP contribution is -2.22. The number of anilines is 2. The van der Waals surface area contributed by atoms with E-state index in [9.17, 15) is 13.6 Å². The van der Waals surface area contributed by atoms with E-state index in [1.54, 1.807) is 12.3 Å². The molecular formula is C21H20F2N4O3S. The van der Waals surface area contributed by atoms with Crippen LogP contribution in [0.25, 0.3) is 10.6 Å². The van der Waals surface area contributed by atoms with Crippen molar-refractivity contribution in [3.05, 3.63) is 54.0 Å². The van der Waals surface area contributed by atoms with Crippen LogP contribution in [0.4, 0.5) is 19.5 Å². The van der Waals surface area contributed by atoms with Crippen LogP contribution < -0.4 is 15.8 Å². The number of nitrogens with one attached hydrogen (secondary N) is 1. The van der Waals surface area contributed by atoms with E-state index in [1.807, 2.05) is 0 Å². The molecule has 1 aliphatic rings. The van der Waals surface area contributed by atoms with Gasteiger partial charge in [-0.2, -0.15) is 0 Å². The first-order valence-corrected chi connectivity index (χ1v) is 10.5. The number of hydrogen-bond acceptors (Lipinski definition) is 7. The summed E-state index contributed by atoms with van der Waals surface area (Å²) in [6.45, 7) is 1.91. The molecule has 0 radical (unpaired) electrons. The Morgan fingerprint density at radius 1 is 1.26 bits per heavy atom. The minimum atomic E-state index is -0.781. The molecule has 0 unspecified atom stereocenters. The van der Waals surface area contributed by atoms with Crippen LogP contribution in [-0.4, -0.2) is 35.7 Å². The standard InChI is InChI=1S/C21H20F2N4O3S/c22-13-2-1-3-14(23)17(13)21-27-18(19(24)31-21)20(28)26-15-10-25-7-4-16(15)30-11-12-5-8-29-9-6-12/h1-4,7,10,12H,5-6,8-9,11,24H2,(H,26,28). The number of amides is 1. The number of aromatic nitrogens is 2. The van der Waals surface area contributed by atoms with Crippen molar-refractivity contribution in [1.82, 2.24) is 9.97 Å². The average molecular weight is 446 g/mol. The highest BCUT2D eigenvalue weighted by atomic mass is 32.1. The molecule has 7 nitrogen and oxygen atoms in total. The van der Waals surface area contributed by atoms with E-state index in [1.165, 1.54) is 12.3 Å². The third-order valence-corrected chi connectivity index (χ3v) is 5.79. The van der Waals surface area contributed by atoms with Crippen LogP contribution in [0.5, 0.6) is 5.75 Å². The number of benzene rings is 1. The van der Waals surface area contributed by atoms with Crippen molar-refractivity contribution in [2.45, 2.75) is 12.8 Å². The molecule has 1 saturated heterocycles. The quantitative estimate of drug-likeness (QED) is 0.591. The van der Waals surface area contributed by atoms with Gasteiger partial charge in [0.25, 0.3) is 5.91 Å². The molecule has 1 fully saturated rings. The van der Waals surface area contributed by atoms with Gasteiger partial charge in [0.05, 0.1) is 18.4 Å². The van der Waals surface area contributed by atoms with E-state index in [0.29, 0.717) is 37.2 Å². The van der Waals surface area contributed by atoms with Crippen molar-refractivity contribution in [1.29, 1.82) is 0 Å². The molecule has 1 aliphatic heterocycles. The number of rotatable bonds is 6. The maximum absolute atomic E-state index is 14.1. The van der Waals surface area contributed by atoms with E-state index in [2.05, 4.69) is 15.3 Å². The summed E-state index contributed by atoms with van der Waals surface area (Å²) in [6, 6.07) is 5.14. The fourth-order valence-electron chi connectivity index (χ4n) is 3.21. The molecule has 0 spiro atoms. The van der Waals surface area contributed by atoms with E-state index < -0.39 is 17.5 Å². The Kier molecular flexibility index (Phi) is 6.38. The summed E-state index contributed by atoms with van der Waals surface area (Å²) in [5.41, 5.74) is 5.83. The van der Waals surface area contributed by atoms with Crippen LogP contribution in [0.2, 0.25) is 0 Å². The first-order chi connectivity index (χ1) is 15.0. The fraction of sp³-hybridized carbons (Fsp3) is 0.286. The second kappa shape index (κ2) is 9.36. The number of hydrogen-bond donors (Lipinski definition) is 2. The Bertz CT molecular complexity index is 1070.